The normalized spacial score (nSPS) is 15.4. The van der Waals surface area contributed by atoms with E-state index in [1.165, 1.54) is 7.11 Å². The van der Waals surface area contributed by atoms with Crippen LogP contribution in [0.3, 0.4) is 0 Å². The topological polar surface area (TPSA) is 80.9 Å². The Balaban J connectivity index is 1.85. The van der Waals surface area contributed by atoms with Crippen LogP contribution in [0.15, 0.2) is 42.6 Å². The van der Waals surface area contributed by atoms with E-state index < -0.39 is 17.7 Å². The number of anilines is 1. The Labute approximate surface area is 193 Å². The monoisotopic (exact) mass is 450 g/mol. The van der Waals surface area contributed by atoms with Gasteiger partial charge in [-0.15, -0.1) is 0 Å². The molecule has 33 heavy (non-hydrogen) atoms. The van der Waals surface area contributed by atoms with Crippen molar-refractivity contribution in [3.05, 3.63) is 59.3 Å². The molecule has 0 spiro atoms. The van der Waals surface area contributed by atoms with Gasteiger partial charge in [0.05, 0.1) is 23.9 Å². The summed E-state index contributed by atoms with van der Waals surface area (Å²) in [6.45, 7) is 8.44. The summed E-state index contributed by atoms with van der Waals surface area (Å²) >= 11 is 0. The number of carbonyl (C=O) groups excluding carboxylic acids is 2. The maximum absolute atomic E-state index is 13.1. The molecule has 0 aliphatic carbocycles. The van der Waals surface area contributed by atoms with Gasteiger partial charge in [-0.05, 0) is 38.3 Å². The molecule has 1 amide bonds. The highest BCUT2D eigenvalue weighted by molar-refractivity contribution is 6.10. The second kappa shape index (κ2) is 8.81. The summed E-state index contributed by atoms with van der Waals surface area (Å²) in [6, 6.07) is 11.7. The lowest BCUT2D eigenvalue weighted by molar-refractivity contribution is 0.0578. The summed E-state index contributed by atoms with van der Waals surface area (Å²) in [7, 11) is 1.36. The van der Waals surface area contributed by atoms with Crippen LogP contribution in [0.25, 0.3) is 10.9 Å². The summed E-state index contributed by atoms with van der Waals surface area (Å²) in [5, 5.41) is 0.736. The molecule has 174 valence electrons. The number of nitrogens with one attached hydrogen (secondary N) is 1. The van der Waals surface area contributed by atoms with E-state index in [0.29, 0.717) is 30.2 Å². The van der Waals surface area contributed by atoms with Gasteiger partial charge >= 0.3 is 12.1 Å². The molecule has 3 aromatic rings. The SMILES string of the molecule is CCC1CN(C(=O)OC(C)(C)C)c2cc(OCc3ccccc3)c3[nH]cc(C(=O)OC)c3c21. The zero-order chi connectivity index (χ0) is 23.8. The predicted molar refractivity (Wildman–Crippen MR) is 127 cm³/mol. The van der Waals surface area contributed by atoms with Crippen LogP contribution in [-0.2, 0) is 16.1 Å². The number of amides is 1. The van der Waals surface area contributed by atoms with Crippen molar-refractivity contribution in [3.8, 4) is 5.75 Å². The molecule has 1 N–H and O–H groups in total. The van der Waals surface area contributed by atoms with Gasteiger partial charge < -0.3 is 19.2 Å². The number of ether oxygens (including phenoxy) is 3. The molecule has 0 bridgehead atoms. The number of aromatic amines is 1. The minimum absolute atomic E-state index is 0.0531. The van der Waals surface area contributed by atoms with Crippen molar-refractivity contribution in [1.29, 1.82) is 0 Å². The Bertz CT molecular complexity index is 1180. The summed E-state index contributed by atoms with van der Waals surface area (Å²) in [5.74, 6) is 0.180. The van der Waals surface area contributed by atoms with Crippen molar-refractivity contribution in [3.63, 3.8) is 0 Å². The molecule has 4 rings (SSSR count). The molecule has 0 saturated carbocycles. The predicted octanol–water partition coefficient (Wildman–Crippen LogP) is 5.78. The van der Waals surface area contributed by atoms with E-state index in [4.69, 9.17) is 14.2 Å². The maximum Gasteiger partial charge on any atom is 0.414 e. The van der Waals surface area contributed by atoms with Crippen molar-refractivity contribution in [2.45, 2.75) is 52.2 Å². The van der Waals surface area contributed by atoms with Crippen LogP contribution in [-0.4, -0.2) is 36.3 Å². The average molecular weight is 451 g/mol. The molecule has 1 aliphatic rings. The van der Waals surface area contributed by atoms with Crippen molar-refractivity contribution < 1.29 is 23.8 Å². The lowest BCUT2D eigenvalue weighted by Crippen LogP contribution is -2.36. The third-order valence-electron chi connectivity index (χ3n) is 5.79. The third kappa shape index (κ3) is 4.40. The first-order valence-corrected chi connectivity index (χ1v) is 11.2. The quantitative estimate of drug-likeness (QED) is 0.498. The van der Waals surface area contributed by atoms with Gasteiger partial charge in [0.15, 0.2) is 0 Å². The van der Waals surface area contributed by atoms with Crippen LogP contribution in [0.5, 0.6) is 5.75 Å². The number of hydrogen-bond donors (Lipinski definition) is 1. The fraction of sp³-hybridized carbons (Fsp3) is 0.385. The van der Waals surface area contributed by atoms with Crippen LogP contribution < -0.4 is 9.64 Å². The Kier molecular flexibility index (Phi) is 6.06. The second-order valence-corrected chi connectivity index (χ2v) is 9.22. The number of methoxy groups -OCH3 is 1. The lowest BCUT2D eigenvalue weighted by Gasteiger charge is -2.25. The number of hydrogen-bond acceptors (Lipinski definition) is 5. The first kappa shape index (κ1) is 22.7. The van der Waals surface area contributed by atoms with Gasteiger partial charge in [-0.3, -0.25) is 4.90 Å². The molecular formula is C26H30N2O5. The Morgan fingerprint density at radius 2 is 1.91 bits per heavy atom. The molecule has 0 saturated heterocycles. The first-order chi connectivity index (χ1) is 15.7. The first-order valence-electron chi connectivity index (χ1n) is 11.2. The molecule has 0 fully saturated rings. The number of fused-ring (bicyclic) bond motifs is 3. The largest absolute Gasteiger partial charge is 0.487 e. The number of esters is 1. The minimum Gasteiger partial charge on any atom is -0.487 e. The molecule has 2 heterocycles. The lowest BCUT2D eigenvalue weighted by atomic mass is 9.93. The molecule has 0 radical (unpaired) electrons. The van der Waals surface area contributed by atoms with Gasteiger partial charge in [0.1, 0.15) is 18.0 Å². The van der Waals surface area contributed by atoms with Gasteiger partial charge in [0.2, 0.25) is 0 Å². The number of benzene rings is 2. The minimum atomic E-state index is -0.621. The summed E-state index contributed by atoms with van der Waals surface area (Å²) in [4.78, 5) is 30.5. The van der Waals surface area contributed by atoms with Crippen molar-refractivity contribution >= 4 is 28.7 Å². The van der Waals surface area contributed by atoms with E-state index in [1.54, 1.807) is 11.1 Å². The van der Waals surface area contributed by atoms with E-state index >= 15 is 0 Å². The number of nitrogens with zero attached hydrogens (tertiary/aromatic N) is 1. The number of rotatable bonds is 5. The second-order valence-electron chi connectivity index (χ2n) is 9.22. The standard InChI is InChI=1S/C26H30N2O5/c1-6-17-14-28(25(30)33-26(2,3)4)19-12-20(32-15-16-10-8-7-9-11-16)23-22(21(17)19)18(13-27-23)24(29)31-5/h7-13,17,27H,6,14-15H2,1-5H3. The van der Waals surface area contributed by atoms with E-state index in [0.717, 1.165) is 28.5 Å². The van der Waals surface area contributed by atoms with Gasteiger partial charge in [0, 0.05) is 30.1 Å². The zero-order valence-electron chi connectivity index (χ0n) is 19.7. The molecule has 1 atom stereocenters. The Hall–Kier alpha value is -3.48. The molecular weight excluding hydrogens is 420 g/mol. The third-order valence-corrected chi connectivity index (χ3v) is 5.79. The van der Waals surface area contributed by atoms with E-state index in [1.807, 2.05) is 57.2 Å². The van der Waals surface area contributed by atoms with E-state index in [9.17, 15) is 9.59 Å². The van der Waals surface area contributed by atoms with Gasteiger partial charge in [-0.1, -0.05) is 37.3 Å². The zero-order valence-corrected chi connectivity index (χ0v) is 19.7. The average Bonchev–Trinajstić information content (AvgIpc) is 3.38. The summed E-state index contributed by atoms with van der Waals surface area (Å²) in [6.07, 6.45) is 2.04. The summed E-state index contributed by atoms with van der Waals surface area (Å²) < 4.78 is 16.9. The van der Waals surface area contributed by atoms with Crippen molar-refractivity contribution in [2.24, 2.45) is 0 Å². The van der Waals surface area contributed by atoms with Crippen LogP contribution in [0, 0.1) is 0 Å². The molecule has 1 aliphatic heterocycles. The van der Waals surface area contributed by atoms with E-state index in [-0.39, 0.29) is 5.92 Å². The van der Waals surface area contributed by atoms with Gasteiger partial charge in [0.25, 0.3) is 0 Å². The Morgan fingerprint density at radius 1 is 1.18 bits per heavy atom. The van der Waals surface area contributed by atoms with Crippen LogP contribution in [0.2, 0.25) is 0 Å². The molecule has 1 aromatic heterocycles. The Morgan fingerprint density at radius 3 is 2.55 bits per heavy atom. The van der Waals surface area contributed by atoms with Crippen molar-refractivity contribution in [1.82, 2.24) is 4.98 Å². The molecule has 7 heteroatoms. The van der Waals surface area contributed by atoms with E-state index in [2.05, 4.69) is 11.9 Å². The van der Waals surface area contributed by atoms with Crippen LogP contribution >= 0.6 is 0 Å². The smallest absolute Gasteiger partial charge is 0.414 e. The van der Waals surface area contributed by atoms with Gasteiger partial charge in [-0.2, -0.15) is 0 Å². The molecule has 2 aromatic carbocycles. The highest BCUT2D eigenvalue weighted by atomic mass is 16.6. The number of carbonyl (C=O) groups is 2. The summed E-state index contributed by atoms with van der Waals surface area (Å²) in [5.41, 5.74) is 3.18. The molecule has 7 nitrogen and oxygen atoms in total. The number of H-pyrrole nitrogens is 1. The fourth-order valence-electron chi connectivity index (χ4n) is 4.29. The number of aromatic nitrogens is 1. The van der Waals surface area contributed by atoms with Crippen LogP contribution in [0.4, 0.5) is 10.5 Å². The van der Waals surface area contributed by atoms with Crippen molar-refractivity contribution in [2.75, 3.05) is 18.6 Å². The fourth-order valence-corrected chi connectivity index (χ4v) is 4.29. The maximum atomic E-state index is 13.1. The van der Waals surface area contributed by atoms with Crippen LogP contribution in [0.1, 0.15) is 61.5 Å². The van der Waals surface area contributed by atoms with Gasteiger partial charge in [-0.25, -0.2) is 9.59 Å². The highest BCUT2D eigenvalue weighted by Gasteiger charge is 2.38. The molecule has 1 unspecified atom stereocenters. The highest BCUT2D eigenvalue weighted by Crippen LogP contribution is 2.47.